The van der Waals surface area contributed by atoms with Crippen molar-refractivity contribution in [3.63, 3.8) is 0 Å². The Kier molecular flexibility index (Phi) is 7.44. The number of esters is 1. The number of carbonyl (C=O) groups excluding carboxylic acids is 3. The van der Waals surface area contributed by atoms with E-state index in [1.165, 1.54) is 13.3 Å². The molecule has 0 radical (unpaired) electrons. The van der Waals surface area contributed by atoms with Crippen LogP contribution in [0.4, 0.5) is 4.79 Å². The lowest BCUT2D eigenvalue weighted by Crippen LogP contribution is -2.48. The van der Waals surface area contributed by atoms with Crippen LogP contribution in [0.15, 0.2) is 24.3 Å². The van der Waals surface area contributed by atoms with Gasteiger partial charge in [0.15, 0.2) is 6.10 Å². The summed E-state index contributed by atoms with van der Waals surface area (Å²) < 4.78 is 10.2. The van der Waals surface area contributed by atoms with E-state index < -0.39 is 24.0 Å². The summed E-state index contributed by atoms with van der Waals surface area (Å²) >= 11 is 0. The first-order valence-corrected chi connectivity index (χ1v) is 8.91. The summed E-state index contributed by atoms with van der Waals surface area (Å²) in [6, 6.07) is 6.55. The standard InChI is InChI=1S/C19H26N2O5/c1-13(18(23)21-19(24)20-15-6-4-3-5-7-15)26-17(22)12-14-8-10-16(25-2)11-9-14/h8-11,13,15H,3-7,12H2,1-2H3,(H2,20,21,23,24)/t13-/m1/s1. The Morgan fingerprint density at radius 3 is 2.38 bits per heavy atom. The van der Waals surface area contributed by atoms with Crippen molar-refractivity contribution in [1.29, 1.82) is 0 Å². The van der Waals surface area contributed by atoms with Gasteiger partial charge in [0.2, 0.25) is 0 Å². The van der Waals surface area contributed by atoms with E-state index in [0.29, 0.717) is 5.75 Å². The zero-order valence-corrected chi connectivity index (χ0v) is 15.2. The van der Waals surface area contributed by atoms with E-state index in [2.05, 4.69) is 10.6 Å². The number of benzene rings is 1. The molecule has 0 spiro atoms. The van der Waals surface area contributed by atoms with E-state index in [0.717, 1.165) is 31.2 Å². The van der Waals surface area contributed by atoms with Gasteiger partial charge in [-0.2, -0.15) is 0 Å². The van der Waals surface area contributed by atoms with Crippen LogP contribution in [0.5, 0.6) is 5.75 Å². The van der Waals surface area contributed by atoms with Crippen molar-refractivity contribution in [2.45, 2.75) is 57.6 Å². The third-order valence-corrected chi connectivity index (χ3v) is 4.36. The number of urea groups is 1. The maximum Gasteiger partial charge on any atom is 0.321 e. The Hall–Kier alpha value is -2.57. The van der Waals surface area contributed by atoms with Gasteiger partial charge in [0.05, 0.1) is 13.5 Å². The summed E-state index contributed by atoms with van der Waals surface area (Å²) in [6.45, 7) is 1.44. The smallest absolute Gasteiger partial charge is 0.321 e. The van der Waals surface area contributed by atoms with E-state index in [4.69, 9.17) is 9.47 Å². The van der Waals surface area contributed by atoms with Gasteiger partial charge in [-0.25, -0.2) is 4.79 Å². The third-order valence-electron chi connectivity index (χ3n) is 4.36. The van der Waals surface area contributed by atoms with Crippen molar-refractivity contribution in [3.05, 3.63) is 29.8 Å². The number of carbonyl (C=O) groups is 3. The van der Waals surface area contributed by atoms with Gasteiger partial charge in [-0.05, 0) is 37.5 Å². The van der Waals surface area contributed by atoms with Crippen LogP contribution in [0.25, 0.3) is 0 Å². The van der Waals surface area contributed by atoms with E-state index in [9.17, 15) is 14.4 Å². The average molecular weight is 362 g/mol. The van der Waals surface area contributed by atoms with Crippen LogP contribution < -0.4 is 15.4 Å². The van der Waals surface area contributed by atoms with Crippen LogP contribution in [0, 0.1) is 0 Å². The Morgan fingerprint density at radius 1 is 1.12 bits per heavy atom. The van der Waals surface area contributed by atoms with Crippen LogP contribution in [0.2, 0.25) is 0 Å². The van der Waals surface area contributed by atoms with Crippen molar-refractivity contribution in [2.75, 3.05) is 7.11 Å². The predicted octanol–water partition coefficient (Wildman–Crippen LogP) is 2.33. The normalized spacial score (nSPS) is 15.6. The van der Waals surface area contributed by atoms with E-state index in [1.54, 1.807) is 31.4 Å². The fourth-order valence-electron chi connectivity index (χ4n) is 2.88. The first-order valence-electron chi connectivity index (χ1n) is 8.91. The minimum Gasteiger partial charge on any atom is -0.497 e. The van der Waals surface area contributed by atoms with Gasteiger partial charge < -0.3 is 14.8 Å². The fraction of sp³-hybridized carbons (Fsp3) is 0.526. The summed E-state index contributed by atoms with van der Waals surface area (Å²) in [7, 11) is 1.56. The topological polar surface area (TPSA) is 93.7 Å². The van der Waals surface area contributed by atoms with Gasteiger partial charge in [-0.1, -0.05) is 31.4 Å². The quantitative estimate of drug-likeness (QED) is 0.758. The molecule has 1 aromatic rings. The highest BCUT2D eigenvalue weighted by Crippen LogP contribution is 2.17. The molecular formula is C19H26N2O5. The number of hydrogen-bond acceptors (Lipinski definition) is 5. The lowest BCUT2D eigenvalue weighted by Gasteiger charge is -2.23. The minimum absolute atomic E-state index is 0.0376. The molecule has 0 saturated heterocycles. The minimum atomic E-state index is -1.04. The molecule has 1 aliphatic carbocycles. The third kappa shape index (κ3) is 6.38. The second-order valence-electron chi connectivity index (χ2n) is 6.45. The highest BCUT2D eigenvalue weighted by molar-refractivity contribution is 5.97. The van der Waals surface area contributed by atoms with Gasteiger partial charge >= 0.3 is 12.0 Å². The van der Waals surface area contributed by atoms with Crippen molar-refractivity contribution in [2.24, 2.45) is 0 Å². The fourth-order valence-corrected chi connectivity index (χ4v) is 2.88. The van der Waals surface area contributed by atoms with Gasteiger partial charge in [-0.15, -0.1) is 0 Å². The Morgan fingerprint density at radius 2 is 1.77 bits per heavy atom. The largest absolute Gasteiger partial charge is 0.497 e. The molecular weight excluding hydrogens is 336 g/mol. The molecule has 1 atom stereocenters. The molecule has 7 nitrogen and oxygen atoms in total. The van der Waals surface area contributed by atoms with Crippen molar-refractivity contribution in [1.82, 2.24) is 10.6 Å². The second kappa shape index (κ2) is 9.79. The average Bonchev–Trinajstić information content (AvgIpc) is 2.62. The van der Waals surface area contributed by atoms with Gasteiger partial charge in [-0.3, -0.25) is 14.9 Å². The van der Waals surface area contributed by atoms with Gasteiger partial charge in [0, 0.05) is 6.04 Å². The Labute approximate surface area is 153 Å². The van der Waals surface area contributed by atoms with E-state index >= 15 is 0 Å². The summed E-state index contributed by atoms with van der Waals surface area (Å²) in [4.78, 5) is 35.8. The number of methoxy groups -OCH3 is 1. The molecule has 142 valence electrons. The zero-order chi connectivity index (χ0) is 18.9. The lowest BCUT2D eigenvalue weighted by molar-refractivity contribution is -0.153. The van der Waals surface area contributed by atoms with Crippen LogP contribution in [-0.4, -0.2) is 37.2 Å². The monoisotopic (exact) mass is 362 g/mol. The number of nitrogens with one attached hydrogen (secondary N) is 2. The molecule has 1 aromatic carbocycles. The van der Waals surface area contributed by atoms with E-state index in [1.807, 2.05) is 0 Å². The molecule has 2 rings (SSSR count). The van der Waals surface area contributed by atoms with Crippen molar-refractivity contribution >= 4 is 17.9 Å². The molecule has 1 saturated carbocycles. The molecule has 0 bridgehead atoms. The molecule has 1 aliphatic rings. The number of imide groups is 1. The van der Waals surface area contributed by atoms with Crippen molar-refractivity contribution in [3.8, 4) is 5.75 Å². The zero-order valence-electron chi connectivity index (χ0n) is 15.2. The Bertz CT molecular complexity index is 623. The molecule has 26 heavy (non-hydrogen) atoms. The maximum atomic E-state index is 12.0. The molecule has 0 aromatic heterocycles. The van der Waals surface area contributed by atoms with Gasteiger partial charge in [0.1, 0.15) is 5.75 Å². The molecule has 3 amide bonds. The SMILES string of the molecule is COc1ccc(CC(=O)O[C@H](C)C(=O)NC(=O)NC2CCCCC2)cc1. The number of rotatable bonds is 6. The number of amides is 3. The number of hydrogen-bond donors (Lipinski definition) is 2. The second-order valence-corrected chi connectivity index (χ2v) is 6.45. The van der Waals surface area contributed by atoms with Gasteiger partial charge in [0.25, 0.3) is 5.91 Å². The molecule has 0 unspecified atom stereocenters. The highest BCUT2D eigenvalue weighted by atomic mass is 16.5. The Balaban J connectivity index is 1.74. The summed E-state index contributed by atoms with van der Waals surface area (Å²) in [5, 5.41) is 5.01. The highest BCUT2D eigenvalue weighted by Gasteiger charge is 2.22. The van der Waals surface area contributed by atoms with Crippen LogP contribution in [0.1, 0.15) is 44.6 Å². The van der Waals surface area contributed by atoms with Crippen LogP contribution in [-0.2, 0) is 20.7 Å². The molecule has 0 heterocycles. The summed E-state index contributed by atoms with van der Waals surface area (Å²) in [5.41, 5.74) is 0.749. The summed E-state index contributed by atoms with van der Waals surface area (Å²) in [5.74, 6) is -0.481. The van der Waals surface area contributed by atoms with Crippen LogP contribution in [0.3, 0.4) is 0 Å². The molecule has 2 N–H and O–H groups in total. The molecule has 0 aliphatic heterocycles. The molecule has 7 heteroatoms. The summed E-state index contributed by atoms with van der Waals surface area (Å²) in [6.07, 6.45) is 4.19. The first kappa shape index (κ1) is 19.8. The number of ether oxygens (including phenoxy) is 2. The lowest BCUT2D eigenvalue weighted by atomic mass is 9.96. The van der Waals surface area contributed by atoms with E-state index in [-0.39, 0.29) is 12.5 Å². The van der Waals surface area contributed by atoms with Crippen molar-refractivity contribution < 1.29 is 23.9 Å². The van der Waals surface area contributed by atoms with Crippen LogP contribution >= 0.6 is 0 Å². The maximum absolute atomic E-state index is 12.0. The molecule has 1 fully saturated rings. The predicted molar refractivity (Wildman–Crippen MR) is 95.8 cm³/mol. The first-order chi connectivity index (χ1) is 12.5.